The number of hydrogen-bond acceptors (Lipinski definition) is 3. The molecule has 2 unspecified atom stereocenters. The van der Waals surface area contributed by atoms with Crippen LogP contribution in [0.25, 0.3) is 0 Å². The zero-order valence-corrected chi connectivity index (χ0v) is 11.5. The van der Waals surface area contributed by atoms with E-state index in [-0.39, 0.29) is 5.82 Å². The molecule has 3 rings (SSSR count). The number of rotatable bonds is 2. The van der Waals surface area contributed by atoms with E-state index in [2.05, 4.69) is 4.90 Å². The lowest BCUT2D eigenvalue weighted by Crippen LogP contribution is -2.52. The molecule has 1 saturated carbocycles. The van der Waals surface area contributed by atoms with Crippen molar-refractivity contribution in [2.24, 2.45) is 0 Å². The summed E-state index contributed by atoms with van der Waals surface area (Å²) in [4.78, 5) is 2.39. The lowest BCUT2D eigenvalue weighted by molar-refractivity contribution is -0.0911. The second-order valence-electron chi connectivity index (χ2n) is 5.69. The Morgan fingerprint density at radius 3 is 3.00 bits per heavy atom. The largest absolute Gasteiger partial charge is 0.375 e. The smallest absolute Gasteiger partial charge is 0.124 e. The first-order valence-corrected chi connectivity index (χ1v) is 7.31. The summed E-state index contributed by atoms with van der Waals surface area (Å²) in [6.07, 6.45) is 5.11. The number of morpholine rings is 1. The molecule has 4 heteroatoms. The van der Waals surface area contributed by atoms with E-state index in [4.69, 9.17) is 10.00 Å². The molecule has 0 spiro atoms. The van der Waals surface area contributed by atoms with Crippen LogP contribution in [0.4, 0.5) is 4.39 Å². The number of hydrogen-bond donors (Lipinski definition) is 0. The zero-order valence-electron chi connectivity index (χ0n) is 11.5. The molecule has 1 aromatic carbocycles. The summed E-state index contributed by atoms with van der Waals surface area (Å²) in [5.41, 5.74) is 1.28. The fourth-order valence-electron chi connectivity index (χ4n) is 3.41. The van der Waals surface area contributed by atoms with Gasteiger partial charge in [0.1, 0.15) is 5.82 Å². The van der Waals surface area contributed by atoms with Crippen LogP contribution in [-0.2, 0) is 11.3 Å². The van der Waals surface area contributed by atoms with Crippen LogP contribution in [-0.4, -0.2) is 30.2 Å². The summed E-state index contributed by atoms with van der Waals surface area (Å²) in [5, 5.41) is 8.93. The fraction of sp³-hybridized carbons (Fsp3) is 0.562. The van der Waals surface area contributed by atoms with Crippen LogP contribution in [0.1, 0.15) is 36.8 Å². The van der Waals surface area contributed by atoms with Crippen molar-refractivity contribution in [1.82, 2.24) is 4.90 Å². The van der Waals surface area contributed by atoms with Gasteiger partial charge in [0.05, 0.1) is 24.3 Å². The van der Waals surface area contributed by atoms with Crippen LogP contribution < -0.4 is 0 Å². The Morgan fingerprint density at radius 1 is 1.30 bits per heavy atom. The van der Waals surface area contributed by atoms with Gasteiger partial charge in [-0.1, -0.05) is 12.8 Å². The summed E-state index contributed by atoms with van der Waals surface area (Å²) >= 11 is 0. The number of fused-ring (bicyclic) bond motifs is 1. The van der Waals surface area contributed by atoms with Gasteiger partial charge >= 0.3 is 0 Å². The van der Waals surface area contributed by atoms with Crippen LogP contribution >= 0.6 is 0 Å². The Kier molecular flexibility index (Phi) is 4.00. The Balaban J connectivity index is 1.76. The van der Waals surface area contributed by atoms with Gasteiger partial charge in [-0.05, 0) is 36.6 Å². The molecule has 0 radical (unpaired) electrons. The molecule has 3 nitrogen and oxygen atoms in total. The van der Waals surface area contributed by atoms with Crippen LogP contribution in [0.3, 0.4) is 0 Å². The van der Waals surface area contributed by atoms with Crippen LogP contribution in [0.15, 0.2) is 18.2 Å². The van der Waals surface area contributed by atoms with Crippen molar-refractivity contribution in [1.29, 1.82) is 5.26 Å². The molecule has 1 aliphatic carbocycles. The Bertz CT molecular complexity index is 524. The highest BCUT2D eigenvalue weighted by atomic mass is 19.1. The second kappa shape index (κ2) is 5.90. The lowest BCUT2D eigenvalue weighted by atomic mass is 9.90. The summed E-state index contributed by atoms with van der Waals surface area (Å²) in [5.74, 6) is -0.326. The van der Waals surface area contributed by atoms with Crippen molar-refractivity contribution in [2.45, 2.75) is 44.4 Å². The second-order valence-corrected chi connectivity index (χ2v) is 5.69. The highest BCUT2D eigenvalue weighted by Gasteiger charge is 2.33. The van der Waals surface area contributed by atoms with Crippen LogP contribution in [0.5, 0.6) is 0 Å². The van der Waals surface area contributed by atoms with Gasteiger partial charge in [0.25, 0.3) is 0 Å². The van der Waals surface area contributed by atoms with Crippen molar-refractivity contribution in [2.75, 3.05) is 13.2 Å². The normalized spacial score (nSPS) is 26.8. The van der Waals surface area contributed by atoms with Crippen LogP contribution in [0, 0.1) is 17.1 Å². The fourth-order valence-corrected chi connectivity index (χ4v) is 3.41. The summed E-state index contributed by atoms with van der Waals surface area (Å²) < 4.78 is 19.4. The quantitative estimate of drug-likeness (QED) is 0.832. The Morgan fingerprint density at radius 2 is 2.15 bits per heavy atom. The van der Waals surface area contributed by atoms with Crippen molar-refractivity contribution < 1.29 is 9.13 Å². The van der Waals surface area contributed by atoms with Gasteiger partial charge in [0.2, 0.25) is 0 Å². The van der Waals surface area contributed by atoms with Gasteiger partial charge in [-0.25, -0.2) is 4.39 Å². The summed E-state index contributed by atoms with van der Waals surface area (Å²) in [6.45, 7) is 2.35. The monoisotopic (exact) mass is 274 g/mol. The van der Waals surface area contributed by atoms with E-state index in [9.17, 15) is 4.39 Å². The molecule has 0 amide bonds. The molecule has 2 aliphatic rings. The Labute approximate surface area is 119 Å². The standard InChI is InChI=1S/C16H19FN2O/c17-14-8-12(10-18)7-13(9-14)11-19-5-6-20-16-4-2-1-3-15(16)19/h7-9,15-16H,1-6,11H2. The summed E-state index contributed by atoms with van der Waals surface area (Å²) in [6, 6.07) is 7.08. The minimum absolute atomic E-state index is 0.326. The van der Waals surface area contributed by atoms with Gasteiger partial charge in [-0.15, -0.1) is 0 Å². The predicted octanol–water partition coefficient (Wildman–Crippen LogP) is 2.84. The molecular weight excluding hydrogens is 255 g/mol. The van der Waals surface area contributed by atoms with Crippen molar-refractivity contribution in [3.05, 3.63) is 35.1 Å². The molecule has 0 bridgehead atoms. The molecule has 0 N–H and O–H groups in total. The first-order valence-electron chi connectivity index (χ1n) is 7.31. The number of halogens is 1. The van der Waals surface area contributed by atoms with Crippen molar-refractivity contribution in [3.8, 4) is 6.07 Å². The molecule has 20 heavy (non-hydrogen) atoms. The Hall–Kier alpha value is -1.44. The maximum Gasteiger partial charge on any atom is 0.124 e. The van der Waals surface area contributed by atoms with E-state index in [1.54, 1.807) is 6.07 Å². The van der Waals surface area contributed by atoms with E-state index >= 15 is 0 Å². The lowest BCUT2D eigenvalue weighted by Gasteiger charge is -2.43. The molecule has 2 fully saturated rings. The van der Waals surface area contributed by atoms with Gasteiger partial charge in [0.15, 0.2) is 0 Å². The topological polar surface area (TPSA) is 36.3 Å². The number of benzene rings is 1. The average Bonchev–Trinajstić information content (AvgIpc) is 2.47. The highest BCUT2D eigenvalue weighted by molar-refractivity contribution is 5.33. The molecule has 106 valence electrons. The van der Waals surface area contributed by atoms with E-state index in [1.165, 1.54) is 25.0 Å². The number of nitrogens with zero attached hydrogens (tertiary/aromatic N) is 2. The predicted molar refractivity (Wildman–Crippen MR) is 73.5 cm³/mol. The third kappa shape index (κ3) is 2.84. The van der Waals surface area contributed by atoms with E-state index in [0.717, 1.165) is 31.6 Å². The molecular formula is C16H19FN2O. The third-order valence-electron chi connectivity index (χ3n) is 4.32. The van der Waals surface area contributed by atoms with Gasteiger partial charge < -0.3 is 4.74 Å². The molecule has 1 aliphatic heterocycles. The first kappa shape index (κ1) is 13.5. The van der Waals surface area contributed by atoms with E-state index in [1.807, 2.05) is 6.07 Å². The average molecular weight is 274 g/mol. The maximum absolute atomic E-state index is 13.5. The van der Waals surface area contributed by atoms with Crippen LogP contribution in [0.2, 0.25) is 0 Å². The zero-order chi connectivity index (χ0) is 13.9. The highest BCUT2D eigenvalue weighted by Crippen LogP contribution is 2.29. The first-order chi connectivity index (χ1) is 9.76. The van der Waals surface area contributed by atoms with E-state index < -0.39 is 0 Å². The maximum atomic E-state index is 13.5. The minimum Gasteiger partial charge on any atom is -0.375 e. The molecule has 1 saturated heterocycles. The van der Waals surface area contributed by atoms with Crippen molar-refractivity contribution >= 4 is 0 Å². The summed E-state index contributed by atoms with van der Waals surface area (Å²) in [7, 11) is 0. The van der Waals surface area contributed by atoms with Gasteiger partial charge in [-0.2, -0.15) is 5.26 Å². The molecule has 0 aromatic heterocycles. The molecule has 1 heterocycles. The minimum atomic E-state index is -0.326. The van der Waals surface area contributed by atoms with Gasteiger partial charge in [-0.3, -0.25) is 4.90 Å². The number of ether oxygens (including phenoxy) is 1. The number of nitriles is 1. The van der Waals surface area contributed by atoms with Crippen molar-refractivity contribution in [3.63, 3.8) is 0 Å². The molecule has 2 atom stereocenters. The SMILES string of the molecule is N#Cc1cc(F)cc(CN2CCOC3CCCCC32)c1. The van der Waals surface area contributed by atoms with E-state index in [0.29, 0.717) is 24.3 Å². The molecule has 1 aromatic rings. The van der Waals surface area contributed by atoms with Gasteiger partial charge in [0, 0.05) is 19.1 Å². The third-order valence-corrected chi connectivity index (χ3v) is 4.32.